The number of thiazole rings is 1. The molecule has 0 saturated heterocycles. The van der Waals surface area contributed by atoms with E-state index in [9.17, 15) is 14.7 Å². The molecule has 1 atom stereocenters. The van der Waals surface area contributed by atoms with Gasteiger partial charge in [0.05, 0.1) is 12.8 Å². The number of hydrogen-bond donors (Lipinski definition) is 4. The van der Waals surface area contributed by atoms with Crippen molar-refractivity contribution in [1.82, 2.24) is 10.3 Å². The fourth-order valence-electron chi connectivity index (χ4n) is 3.97. The van der Waals surface area contributed by atoms with Crippen molar-refractivity contribution in [2.45, 2.75) is 51.0 Å². The van der Waals surface area contributed by atoms with E-state index < -0.39 is 18.1 Å². The maximum absolute atomic E-state index is 11.9. The summed E-state index contributed by atoms with van der Waals surface area (Å²) >= 11 is 1.17. The van der Waals surface area contributed by atoms with E-state index in [0.717, 1.165) is 18.8 Å². The Morgan fingerprint density at radius 3 is 2.67 bits per heavy atom. The van der Waals surface area contributed by atoms with Gasteiger partial charge in [-0.05, 0) is 43.0 Å². The van der Waals surface area contributed by atoms with Gasteiger partial charge in [-0.1, -0.05) is 43.4 Å². The number of rotatable bonds is 16. The van der Waals surface area contributed by atoms with E-state index in [2.05, 4.69) is 15.6 Å². The van der Waals surface area contributed by atoms with E-state index in [1.165, 1.54) is 49.6 Å². The third-order valence-corrected chi connectivity index (χ3v) is 6.72. The third-order valence-electron chi connectivity index (χ3n) is 5.89. The zero-order valence-corrected chi connectivity index (χ0v) is 21.3. The number of anilines is 1. The van der Waals surface area contributed by atoms with E-state index in [1.807, 2.05) is 0 Å². The molecule has 3 rings (SSSR count). The van der Waals surface area contributed by atoms with Gasteiger partial charge in [0, 0.05) is 18.7 Å². The van der Waals surface area contributed by atoms with Crippen molar-refractivity contribution >= 4 is 28.3 Å². The lowest BCUT2D eigenvalue weighted by molar-refractivity contribution is 0.1000. The highest BCUT2D eigenvalue weighted by molar-refractivity contribution is 7.17. The van der Waals surface area contributed by atoms with Crippen molar-refractivity contribution < 1.29 is 28.9 Å². The highest BCUT2D eigenvalue weighted by Gasteiger charge is 2.14. The predicted octanol–water partition coefficient (Wildman–Crippen LogP) is 3.56. The van der Waals surface area contributed by atoms with Crippen LogP contribution in [0, 0.1) is 5.92 Å². The van der Waals surface area contributed by atoms with Gasteiger partial charge in [0.15, 0.2) is 0 Å². The second kappa shape index (κ2) is 15.3. The molecule has 0 radical (unpaired) electrons. The average molecular weight is 521 g/mol. The molecule has 1 saturated carbocycles. The minimum Gasteiger partial charge on any atom is -0.492 e. The van der Waals surface area contributed by atoms with E-state index in [1.54, 1.807) is 24.3 Å². The first-order valence-electron chi connectivity index (χ1n) is 12.4. The molecule has 1 aliphatic carbocycles. The number of carbonyl (C=O) groups is 2. The maximum atomic E-state index is 11.9. The minimum atomic E-state index is -0.741. The van der Waals surface area contributed by atoms with Crippen LogP contribution in [-0.4, -0.2) is 61.1 Å². The number of unbranched alkanes of at least 4 members (excludes halogenated alkanes) is 1. The lowest BCUT2D eigenvalue weighted by Crippen LogP contribution is -2.33. The van der Waals surface area contributed by atoms with Gasteiger partial charge in [-0.25, -0.2) is 9.78 Å². The Labute approximate surface area is 215 Å². The Balaban J connectivity index is 1.20. The number of hydrogen-bond acceptors (Lipinski definition) is 9. The Hall–Kier alpha value is -2.89. The summed E-state index contributed by atoms with van der Waals surface area (Å²) in [7, 11) is 0. The Kier molecular flexibility index (Phi) is 11.7. The van der Waals surface area contributed by atoms with E-state index in [4.69, 9.17) is 19.9 Å². The third kappa shape index (κ3) is 10.4. The van der Waals surface area contributed by atoms with Gasteiger partial charge in [0.25, 0.3) is 5.19 Å². The van der Waals surface area contributed by atoms with Crippen molar-refractivity contribution in [3.05, 3.63) is 36.0 Å². The van der Waals surface area contributed by atoms with Gasteiger partial charge in [0.1, 0.15) is 30.1 Å². The fourth-order valence-corrected chi connectivity index (χ4v) is 4.63. The van der Waals surface area contributed by atoms with Crippen LogP contribution in [0.3, 0.4) is 0 Å². The standard InChI is InChI=1S/C25H36N4O6S/c26-23(31)19-8-10-21(11-9-19)33-14-12-27-15-20(30)17-35-25-28-16-22(36-25)29-24(32)34-13-4-3-7-18-5-1-2-6-18/h8-11,16,18,20,27,30H,1-7,12-15,17H2,(H2,26,31)(H,29,32). The van der Waals surface area contributed by atoms with Gasteiger partial charge in [0.2, 0.25) is 5.91 Å². The normalized spacial score (nSPS) is 14.4. The van der Waals surface area contributed by atoms with Crippen LogP contribution in [0.25, 0.3) is 0 Å². The smallest absolute Gasteiger partial charge is 0.412 e. The van der Waals surface area contributed by atoms with Crippen LogP contribution >= 0.6 is 11.3 Å². The Bertz CT molecular complexity index is 933. The molecule has 0 spiro atoms. The number of aliphatic hydroxyl groups is 1. The van der Waals surface area contributed by atoms with Crippen LogP contribution in [0.2, 0.25) is 0 Å². The summed E-state index contributed by atoms with van der Waals surface area (Å²) in [6.07, 6.45) is 8.85. The highest BCUT2D eigenvalue weighted by atomic mass is 32.1. The van der Waals surface area contributed by atoms with Gasteiger partial charge in [-0.15, -0.1) is 0 Å². The first kappa shape index (κ1) is 27.7. The van der Waals surface area contributed by atoms with Crippen molar-refractivity contribution in [2.75, 3.05) is 38.2 Å². The molecule has 1 heterocycles. The first-order chi connectivity index (χ1) is 17.5. The van der Waals surface area contributed by atoms with Gasteiger partial charge >= 0.3 is 6.09 Å². The largest absolute Gasteiger partial charge is 0.492 e. The second-order valence-electron chi connectivity index (χ2n) is 8.80. The molecule has 1 aliphatic rings. The highest BCUT2D eigenvalue weighted by Crippen LogP contribution is 2.29. The number of aliphatic hydroxyl groups excluding tert-OH is 1. The predicted molar refractivity (Wildman–Crippen MR) is 138 cm³/mol. The second-order valence-corrected chi connectivity index (χ2v) is 9.80. The van der Waals surface area contributed by atoms with Crippen molar-refractivity contribution in [3.8, 4) is 10.9 Å². The number of primary amides is 1. The molecule has 5 N–H and O–H groups in total. The van der Waals surface area contributed by atoms with Crippen LogP contribution in [-0.2, 0) is 4.74 Å². The summed E-state index contributed by atoms with van der Waals surface area (Å²) in [6, 6.07) is 6.57. The van der Waals surface area contributed by atoms with Crippen LogP contribution < -0.4 is 25.8 Å². The Morgan fingerprint density at radius 1 is 1.14 bits per heavy atom. The molecule has 2 amide bonds. The fraction of sp³-hybridized carbons (Fsp3) is 0.560. The average Bonchev–Trinajstić information content (AvgIpc) is 3.55. The summed E-state index contributed by atoms with van der Waals surface area (Å²) in [6.45, 7) is 1.69. The van der Waals surface area contributed by atoms with Crippen LogP contribution in [0.4, 0.5) is 9.80 Å². The molecule has 2 aromatic rings. The zero-order valence-electron chi connectivity index (χ0n) is 20.4. The van der Waals surface area contributed by atoms with Crippen LogP contribution in [0.5, 0.6) is 10.9 Å². The lowest BCUT2D eigenvalue weighted by Gasteiger charge is -2.12. The molecule has 198 valence electrons. The number of nitrogens with two attached hydrogens (primary N) is 1. The molecule has 1 fully saturated rings. The number of carbonyl (C=O) groups excluding carboxylic acids is 2. The topological polar surface area (TPSA) is 145 Å². The number of ether oxygens (including phenoxy) is 3. The summed E-state index contributed by atoms with van der Waals surface area (Å²) in [5.41, 5.74) is 5.63. The molecule has 10 nitrogen and oxygen atoms in total. The Morgan fingerprint density at radius 2 is 1.92 bits per heavy atom. The molecular weight excluding hydrogens is 484 g/mol. The molecule has 1 aromatic carbocycles. The summed E-state index contributed by atoms with van der Waals surface area (Å²) < 4.78 is 16.3. The van der Waals surface area contributed by atoms with Crippen molar-refractivity contribution in [2.24, 2.45) is 11.7 Å². The summed E-state index contributed by atoms with van der Waals surface area (Å²) in [5.74, 6) is 1.00. The lowest BCUT2D eigenvalue weighted by atomic mass is 10.0. The van der Waals surface area contributed by atoms with E-state index in [0.29, 0.717) is 47.8 Å². The molecular formula is C25H36N4O6S. The van der Waals surface area contributed by atoms with E-state index >= 15 is 0 Å². The molecule has 1 aromatic heterocycles. The monoisotopic (exact) mass is 520 g/mol. The first-order valence-corrected chi connectivity index (χ1v) is 13.2. The van der Waals surface area contributed by atoms with Gasteiger partial charge < -0.3 is 30.4 Å². The SMILES string of the molecule is NC(=O)c1ccc(OCCNCC(O)COc2ncc(NC(=O)OCCCCC3CCCC3)s2)cc1. The summed E-state index contributed by atoms with van der Waals surface area (Å²) in [5, 5.41) is 16.7. The summed E-state index contributed by atoms with van der Waals surface area (Å²) in [4.78, 5) is 27.1. The zero-order chi connectivity index (χ0) is 25.6. The quantitative estimate of drug-likeness (QED) is 0.246. The molecule has 0 aliphatic heterocycles. The molecule has 36 heavy (non-hydrogen) atoms. The van der Waals surface area contributed by atoms with Crippen molar-refractivity contribution in [3.63, 3.8) is 0 Å². The molecule has 0 bridgehead atoms. The number of benzene rings is 1. The van der Waals surface area contributed by atoms with Crippen LogP contribution in [0.15, 0.2) is 30.5 Å². The number of nitrogens with zero attached hydrogens (tertiary/aromatic N) is 1. The number of aromatic nitrogens is 1. The van der Waals surface area contributed by atoms with Gasteiger partial charge in [-0.2, -0.15) is 0 Å². The molecule has 1 unspecified atom stereocenters. The number of nitrogens with one attached hydrogen (secondary N) is 2. The minimum absolute atomic E-state index is 0.0564. The molecule has 11 heteroatoms. The maximum Gasteiger partial charge on any atom is 0.412 e. The van der Waals surface area contributed by atoms with Crippen molar-refractivity contribution in [1.29, 1.82) is 0 Å². The van der Waals surface area contributed by atoms with Crippen LogP contribution in [0.1, 0.15) is 55.3 Å². The number of amides is 2. The van der Waals surface area contributed by atoms with E-state index in [-0.39, 0.29) is 6.61 Å². The van der Waals surface area contributed by atoms with Gasteiger partial charge in [-0.3, -0.25) is 10.1 Å².